The van der Waals surface area contributed by atoms with E-state index in [0.717, 1.165) is 13.8 Å². The highest BCUT2D eigenvalue weighted by molar-refractivity contribution is 5.96. The van der Waals surface area contributed by atoms with Gasteiger partial charge in [-0.3, -0.25) is 19.2 Å². The second-order valence-electron chi connectivity index (χ2n) is 17.4. The lowest BCUT2D eigenvalue weighted by molar-refractivity contribution is -0.346. The normalized spacial score (nSPS) is 31.9. The number of fused-ring (bicyclic) bond motifs is 5. The van der Waals surface area contributed by atoms with Gasteiger partial charge in [0.2, 0.25) is 0 Å². The quantitative estimate of drug-likeness (QED) is 0.130. The standard InChI is InChI=1S/C47H51NO14/c1-25-31(60-43(56)36(52)35(28-16-10-7-11-17-28)48-41(54)29-18-12-8-13-19-29)23-47(57)40(61-42(55)30-20-14-9-15-21-30)38-45(6,32(51)22-33-46(38,24-58-33)62-27(3)50)39(53)37(59-26(2)49)34(25)44(47,4)5/h7-21,31-33,35-38,40,51-52,57H,22-24H2,1-6H3,(H,48,54)/t31-,32+,33+,35-,36-,37-,38+,40-,45-,46+,47-/m0/s1. The molecule has 3 fully saturated rings. The molecular formula is C47H51NO14. The number of nitrogens with one attached hydrogen (secondary N) is 1. The lowest BCUT2D eigenvalue weighted by Gasteiger charge is -2.67. The van der Waals surface area contributed by atoms with E-state index in [9.17, 15) is 39.3 Å². The number of carbonyl (C=O) groups excluding carboxylic acids is 6. The molecule has 15 nitrogen and oxygen atoms in total. The molecular weight excluding hydrogens is 803 g/mol. The number of Topliss-reactive ketones (excluding diaryl/α,β-unsaturated/α-hetero) is 1. The minimum absolute atomic E-state index is 0.00289. The fraction of sp³-hybridized carbons (Fsp3) is 0.447. The Morgan fingerprint density at radius 2 is 1.40 bits per heavy atom. The van der Waals surface area contributed by atoms with E-state index in [1.165, 1.54) is 26.0 Å². The largest absolute Gasteiger partial charge is 0.456 e. The van der Waals surface area contributed by atoms with E-state index in [0.29, 0.717) is 5.56 Å². The van der Waals surface area contributed by atoms with Crippen LogP contribution in [0.3, 0.4) is 0 Å². The van der Waals surface area contributed by atoms with Gasteiger partial charge in [0, 0.05) is 37.7 Å². The zero-order valence-electron chi connectivity index (χ0n) is 35.2. The fourth-order valence-corrected chi connectivity index (χ4v) is 10.2. The summed E-state index contributed by atoms with van der Waals surface area (Å²) in [6.07, 6.45) is -10.5. The maximum absolute atomic E-state index is 15.5. The summed E-state index contributed by atoms with van der Waals surface area (Å²) in [5.41, 5.74) is -7.02. The summed E-state index contributed by atoms with van der Waals surface area (Å²) in [4.78, 5) is 83.5. The van der Waals surface area contributed by atoms with Gasteiger partial charge in [-0.25, -0.2) is 9.59 Å². The van der Waals surface area contributed by atoms with Crippen molar-refractivity contribution in [3.63, 3.8) is 0 Å². The average Bonchev–Trinajstić information content (AvgIpc) is 3.24. The second kappa shape index (κ2) is 16.5. The minimum atomic E-state index is -2.39. The summed E-state index contributed by atoms with van der Waals surface area (Å²) < 4.78 is 30.3. The molecule has 62 heavy (non-hydrogen) atoms. The lowest BCUT2D eigenvalue weighted by Crippen LogP contribution is -2.82. The maximum Gasteiger partial charge on any atom is 0.338 e. The third-order valence-corrected chi connectivity index (χ3v) is 13.5. The zero-order chi connectivity index (χ0) is 44.9. The molecule has 3 aromatic carbocycles. The van der Waals surface area contributed by atoms with Gasteiger partial charge < -0.3 is 44.3 Å². The van der Waals surface area contributed by atoms with Crippen LogP contribution in [0, 0.1) is 16.7 Å². The SMILES string of the molecule is CC(=O)O[C@@H]1C(=O)[C@@]2(C)[C@H](O)C[C@H]3OC[C@]3(OC(C)=O)[C@@H]2[C@H](OC(=O)c2ccccc2)[C@@]2(O)C[C@H](OC(=O)[C@@H](O)[C@@H](NC(=O)c3ccccc3)c3ccccc3)C(C)=C1C2(C)C. The number of aliphatic hydroxyl groups excluding tert-OH is 2. The van der Waals surface area contributed by atoms with E-state index in [1.807, 2.05) is 0 Å². The van der Waals surface area contributed by atoms with Gasteiger partial charge in [0.05, 0.1) is 35.6 Å². The number of ketones is 1. The molecule has 15 heteroatoms. The fourth-order valence-electron chi connectivity index (χ4n) is 10.2. The number of aliphatic hydroxyl groups is 3. The van der Waals surface area contributed by atoms with E-state index in [2.05, 4.69) is 5.32 Å². The Bertz CT molecular complexity index is 2280. The average molecular weight is 854 g/mol. The van der Waals surface area contributed by atoms with Crippen molar-refractivity contribution in [3.8, 4) is 0 Å². The van der Waals surface area contributed by atoms with E-state index >= 15 is 4.79 Å². The van der Waals surface area contributed by atoms with Crippen molar-refractivity contribution < 1.29 is 67.8 Å². The van der Waals surface area contributed by atoms with Crippen molar-refractivity contribution in [2.75, 3.05) is 6.61 Å². The van der Waals surface area contributed by atoms with Crippen LogP contribution in [0.15, 0.2) is 102 Å². The predicted octanol–water partition coefficient (Wildman–Crippen LogP) is 3.74. The number of benzene rings is 3. The molecule has 3 aromatic rings. The van der Waals surface area contributed by atoms with Crippen molar-refractivity contribution in [3.05, 3.63) is 119 Å². The molecule has 1 aliphatic heterocycles. The number of hydrogen-bond acceptors (Lipinski definition) is 14. The van der Waals surface area contributed by atoms with Gasteiger partial charge in [-0.15, -0.1) is 0 Å². The molecule has 0 aromatic heterocycles. The molecule has 7 rings (SSSR count). The summed E-state index contributed by atoms with van der Waals surface area (Å²) >= 11 is 0. The third-order valence-electron chi connectivity index (χ3n) is 13.5. The van der Waals surface area contributed by atoms with E-state index in [1.54, 1.807) is 92.7 Å². The van der Waals surface area contributed by atoms with E-state index < -0.39 is 113 Å². The van der Waals surface area contributed by atoms with Crippen LogP contribution in [0.2, 0.25) is 0 Å². The number of hydrogen-bond donors (Lipinski definition) is 4. The van der Waals surface area contributed by atoms with Crippen LogP contribution in [-0.2, 0) is 42.9 Å². The van der Waals surface area contributed by atoms with Crippen molar-refractivity contribution in [2.24, 2.45) is 16.7 Å². The molecule has 1 saturated heterocycles. The molecule has 328 valence electrons. The molecule has 3 aliphatic carbocycles. The Kier molecular flexibility index (Phi) is 11.8. The van der Waals surface area contributed by atoms with Crippen LogP contribution in [0.25, 0.3) is 0 Å². The van der Waals surface area contributed by atoms with Crippen LogP contribution < -0.4 is 5.32 Å². The van der Waals surface area contributed by atoms with Crippen LogP contribution in [0.4, 0.5) is 0 Å². The molecule has 0 unspecified atom stereocenters. The van der Waals surface area contributed by atoms with Crippen molar-refractivity contribution in [2.45, 2.75) is 108 Å². The van der Waals surface area contributed by atoms with Gasteiger partial charge in [-0.05, 0) is 54.8 Å². The van der Waals surface area contributed by atoms with Crippen molar-refractivity contribution in [1.29, 1.82) is 0 Å². The summed E-state index contributed by atoms with van der Waals surface area (Å²) in [5.74, 6) is -6.84. The van der Waals surface area contributed by atoms with Crippen molar-refractivity contribution >= 4 is 35.6 Å². The Labute approximate surface area is 358 Å². The van der Waals surface area contributed by atoms with Gasteiger partial charge in [0.15, 0.2) is 23.6 Å². The second-order valence-corrected chi connectivity index (χ2v) is 17.4. The molecule has 0 spiro atoms. The molecule has 2 bridgehead atoms. The molecule has 11 atom stereocenters. The Morgan fingerprint density at radius 1 is 0.823 bits per heavy atom. The minimum Gasteiger partial charge on any atom is -0.456 e. The number of ether oxygens (including phenoxy) is 5. The number of rotatable bonds is 10. The first-order valence-electron chi connectivity index (χ1n) is 20.5. The highest BCUT2D eigenvalue weighted by Gasteiger charge is 2.78. The Morgan fingerprint density at radius 3 is 1.95 bits per heavy atom. The zero-order valence-corrected chi connectivity index (χ0v) is 35.2. The van der Waals surface area contributed by atoms with Gasteiger partial charge in [0.25, 0.3) is 5.91 Å². The molecule has 1 amide bonds. The van der Waals surface area contributed by atoms with Gasteiger partial charge in [0.1, 0.15) is 23.9 Å². The summed E-state index contributed by atoms with van der Waals surface area (Å²) in [7, 11) is 0. The molecule has 4 N–H and O–H groups in total. The van der Waals surface area contributed by atoms with Gasteiger partial charge in [-0.2, -0.15) is 0 Å². The van der Waals surface area contributed by atoms with E-state index in [-0.39, 0.29) is 35.3 Å². The molecule has 1 heterocycles. The van der Waals surface area contributed by atoms with E-state index in [4.69, 9.17) is 23.7 Å². The van der Waals surface area contributed by atoms with Gasteiger partial charge in [-0.1, -0.05) is 80.6 Å². The first kappa shape index (κ1) is 44.3. The number of esters is 4. The first-order valence-corrected chi connectivity index (χ1v) is 20.5. The topological polar surface area (TPSA) is 221 Å². The summed E-state index contributed by atoms with van der Waals surface area (Å²) in [5, 5.41) is 40.2. The van der Waals surface area contributed by atoms with Gasteiger partial charge >= 0.3 is 23.9 Å². The number of carbonyl (C=O) groups is 6. The molecule has 2 saturated carbocycles. The van der Waals surface area contributed by atoms with Crippen LogP contribution >= 0.6 is 0 Å². The highest BCUT2D eigenvalue weighted by Crippen LogP contribution is 2.64. The lowest BCUT2D eigenvalue weighted by atomic mass is 9.44. The van der Waals surface area contributed by atoms with Crippen LogP contribution in [0.1, 0.15) is 86.7 Å². The third kappa shape index (κ3) is 7.29. The Hall–Kier alpha value is -5.74. The predicted molar refractivity (Wildman–Crippen MR) is 218 cm³/mol. The monoisotopic (exact) mass is 853 g/mol. The number of amides is 1. The highest BCUT2D eigenvalue weighted by atomic mass is 16.6. The summed E-state index contributed by atoms with van der Waals surface area (Å²) in [6.45, 7) is 7.97. The Balaban J connectivity index is 1.39. The summed E-state index contributed by atoms with van der Waals surface area (Å²) in [6, 6.07) is 22.9. The first-order chi connectivity index (χ1) is 29.3. The van der Waals surface area contributed by atoms with Crippen LogP contribution in [0.5, 0.6) is 0 Å². The smallest absolute Gasteiger partial charge is 0.338 e. The molecule has 4 aliphatic rings. The van der Waals surface area contributed by atoms with Crippen LogP contribution in [-0.4, -0.2) is 105 Å². The van der Waals surface area contributed by atoms with Crippen molar-refractivity contribution in [1.82, 2.24) is 5.32 Å². The molecule has 0 radical (unpaired) electrons. The maximum atomic E-state index is 15.5.